The summed E-state index contributed by atoms with van der Waals surface area (Å²) in [5, 5.41) is 8.81. The van der Waals surface area contributed by atoms with E-state index in [1.54, 1.807) is 6.07 Å². The van der Waals surface area contributed by atoms with Gasteiger partial charge in [0.15, 0.2) is 0 Å². The molecule has 0 aliphatic carbocycles. The van der Waals surface area contributed by atoms with Gasteiger partial charge in [-0.15, -0.1) is 0 Å². The van der Waals surface area contributed by atoms with Gasteiger partial charge in [-0.2, -0.15) is 5.26 Å². The fourth-order valence-electron chi connectivity index (χ4n) is 1.77. The van der Waals surface area contributed by atoms with Crippen LogP contribution < -0.4 is 4.74 Å². The topological polar surface area (TPSA) is 33.0 Å². The van der Waals surface area contributed by atoms with Crippen molar-refractivity contribution in [3.63, 3.8) is 0 Å². The first kappa shape index (κ1) is 13.9. The van der Waals surface area contributed by atoms with E-state index in [9.17, 15) is 13.2 Å². The van der Waals surface area contributed by atoms with Gasteiger partial charge in [-0.3, -0.25) is 0 Å². The van der Waals surface area contributed by atoms with E-state index in [0.717, 1.165) is 18.2 Å². The van der Waals surface area contributed by atoms with E-state index in [-0.39, 0.29) is 29.9 Å². The number of halogens is 3. The van der Waals surface area contributed by atoms with Gasteiger partial charge < -0.3 is 4.74 Å². The van der Waals surface area contributed by atoms with E-state index in [2.05, 4.69) is 0 Å². The van der Waals surface area contributed by atoms with E-state index >= 15 is 0 Å². The molecule has 0 aliphatic rings. The van der Waals surface area contributed by atoms with E-state index in [1.807, 2.05) is 0 Å². The molecule has 102 valence electrons. The molecule has 0 saturated heterocycles. The van der Waals surface area contributed by atoms with Crippen molar-refractivity contribution in [1.29, 1.82) is 5.26 Å². The number of nitriles is 1. The van der Waals surface area contributed by atoms with Gasteiger partial charge in [-0.1, -0.05) is 12.1 Å². The summed E-state index contributed by atoms with van der Waals surface area (Å²) in [6, 6.07) is 9.24. The van der Waals surface area contributed by atoms with Crippen molar-refractivity contribution in [3.05, 3.63) is 65.0 Å². The lowest BCUT2D eigenvalue weighted by Crippen LogP contribution is -2.06. The molecule has 0 N–H and O–H groups in total. The van der Waals surface area contributed by atoms with Crippen LogP contribution in [0.25, 0.3) is 0 Å². The van der Waals surface area contributed by atoms with Crippen LogP contribution >= 0.6 is 0 Å². The lowest BCUT2D eigenvalue weighted by atomic mass is 10.1. The largest absolute Gasteiger partial charge is 0.492 e. The third-order valence-electron chi connectivity index (χ3n) is 2.76. The first-order valence-electron chi connectivity index (χ1n) is 5.87. The van der Waals surface area contributed by atoms with Gasteiger partial charge in [0.1, 0.15) is 34.8 Å². The molecule has 2 aromatic carbocycles. The zero-order valence-corrected chi connectivity index (χ0v) is 10.4. The highest BCUT2D eigenvalue weighted by atomic mass is 19.1. The Kier molecular flexibility index (Phi) is 4.26. The van der Waals surface area contributed by atoms with Crippen LogP contribution in [0.1, 0.15) is 11.1 Å². The summed E-state index contributed by atoms with van der Waals surface area (Å²) >= 11 is 0. The summed E-state index contributed by atoms with van der Waals surface area (Å²) in [5.41, 5.74) is -0.316. The van der Waals surface area contributed by atoms with Crippen molar-refractivity contribution in [3.8, 4) is 11.8 Å². The number of hydrogen-bond donors (Lipinski definition) is 0. The molecule has 2 nitrogen and oxygen atoms in total. The third-order valence-corrected chi connectivity index (χ3v) is 2.76. The third kappa shape index (κ3) is 2.91. The molecular weight excluding hydrogens is 267 g/mol. The molecule has 0 aromatic heterocycles. The molecule has 2 rings (SSSR count). The summed E-state index contributed by atoms with van der Waals surface area (Å²) < 4.78 is 45.3. The molecule has 0 bridgehead atoms. The molecule has 2 aromatic rings. The SMILES string of the molecule is N#Cc1c(F)cccc1OCCc1c(F)cccc1F. The minimum atomic E-state index is -0.693. The van der Waals surface area contributed by atoms with Crippen molar-refractivity contribution in [2.24, 2.45) is 0 Å². The second-order valence-corrected chi connectivity index (χ2v) is 4.02. The van der Waals surface area contributed by atoms with Gasteiger partial charge in [-0.25, -0.2) is 13.2 Å². The van der Waals surface area contributed by atoms with Crippen molar-refractivity contribution < 1.29 is 17.9 Å². The Morgan fingerprint density at radius 1 is 0.950 bits per heavy atom. The molecule has 0 radical (unpaired) electrons. The van der Waals surface area contributed by atoms with E-state index < -0.39 is 17.5 Å². The highest BCUT2D eigenvalue weighted by Gasteiger charge is 2.11. The second kappa shape index (κ2) is 6.11. The monoisotopic (exact) mass is 277 g/mol. The quantitative estimate of drug-likeness (QED) is 0.855. The van der Waals surface area contributed by atoms with Crippen LogP contribution in [0.5, 0.6) is 5.75 Å². The Labute approximate surface area is 114 Å². The molecule has 0 atom stereocenters. The Bertz CT molecular complexity index is 644. The van der Waals surface area contributed by atoms with Crippen molar-refractivity contribution >= 4 is 0 Å². The molecule has 0 spiro atoms. The summed E-state index contributed by atoms with van der Waals surface area (Å²) in [6.45, 7) is -0.0595. The zero-order chi connectivity index (χ0) is 14.5. The van der Waals surface area contributed by atoms with Crippen molar-refractivity contribution in [2.75, 3.05) is 6.61 Å². The van der Waals surface area contributed by atoms with Crippen LogP contribution in [-0.2, 0) is 6.42 Å². The summed E-state index contributed by atoms with van der Waals surface area (Å²) in [7, 11) is 0. The van der Waals surface area contributed by atoms with E-state index in [0.29, 0.717) is 0 Å². The van der Waals surface area contributed by atoms with Crippen LogP contribution in [0.3, 0.4) is 0 Å². The zero-order valence-electron chi connectivity index (χ0n) is 10.4. The maximum atomic E-state index is 13.4. The predicted molar refractivity (Wildman–Crippen MR) is 66.7 cm³/mol. The average Bonchev–Trinajstić information content (AvgIpc) is 2.42. The first-order chi connectivity index (χ1) is 9.63. The fourth-order valence-corrected chi connectivity index (χ4v) is 1.77. The molecule has 5 heteroatoms. The number of hydrogen-bond acceptors (Lipinski definition) is 2. The maximum Gasteiger partial charge on any atom is 0.144 e. The molecule has 0 amide bonds. The lowest BCUT2D eigenvalue weighted by Gasteiger charge is -2.09. The predicted octanol–water partition coefficient (Wildman–Crippen LogP) is 3.60. The van der Waals surface area contributed by atoms with Crippen molar-refractivity contribution in [1.82, 2.24) is 0 Å². The summed E-state index contributed by atoms with van der Waals surface area (Å²) in [4.78, 5) is 0. The van der Waals surface area contributed by atoms with Gasteiger partial charge >= 0.3 is 0 Å². The summed E-state index contributed by atoms with van der Waals surface area (Å²) in [6.07, 6.45) is -0.0140. The smallest absolute Gasteiger partial charge is 0.144 e. The average molecular weight is 277 g/mol. The Morgan fingerprint density at radius 3 is 2.20 bits per heavy atom. The standard InChI is InChI=1S/C15H10F3NO/c16-12-3-1-4-13(17)10(12)7-8-20-15-6-2-5-14(18)11(15)9-19/h1-6H,7-8H2. The van der Waals surface area contributed by atoms with Gasteiger partial charge in [0.2, 0.25) is 0 Å². The molecule has 0 heterocycles. The lowest BCUT2D eigenvalue weighted by molar-refractivity contribution is 0.314. The van der Waals surface area contributed by atoms with Gasteiger partial charge in [-0.05, 0) is 24.3 Å². The van der Waals surface area contributed by atoms with Crippen LogP contribution in [-0.4, -0.2) is 6.61 Å². The van der Waals surface area contributed by atoms with Crippen LogP contribution in [0.4, 0.5) is 13.2 Å². The van der Waals surface area contributed by atoms with Gasteiger partial charge in [0, 0.05) is 12.0 Å². The highest BCUT2D eigenvalue weighted by molar-refractivity contribution is 5.43. The molecule has 20 heavy (non-hydrogen) atoms. The number of ether oxygens (including phenoxy) is 1. The van der Waals surface area contributed by atoms with Gasteiger partial charge in [0.05, 0.1) is 6.61 Å². The first-order valence-corrected chi connectivity index (χ1v) is 5.87. The molecule has 0 aliphatic heterocycles. The second-order valence-electron chi connectivity index (χ2n) is 4.02. The molecule has 0 saturated carbocycles. The Balaban J connectivity index is 2.08. The molecule has 0 fully saturated rings. The van der Waals surface area contributed by atoms with Crippen molar-refractivity contribution in [2.45, 2.75) is 6.42 Å². The maximum absolute atomic E-state index is 13.4. The fraction of sp³-hybridized carbons (Fsp3) is 0.133. The normalized spacial score (nSPS) is 10.1. The molecule has 0 unspecified atom stereocenters. The van der Waals surface area contributed by atoms with E-state index in [4.69, 9.17) is 10.00 Å². The van der Waals surface area contributed by atoms with Crippen LogP contribution in [0, 0.1) is 28.8 Å². The minimum Gasteiger partial charge on any atom is -0.492 e. The van der Waals surface area contributed by atoms with E-state index in [1.165, 1.54) is 18.2 Å². The Hall–Kier alpha value is -2.48. The van der Waals surface area contributed by atoms with Crippen LogP contribution in [0.15, 0.2) is 36.4 Å². The van der Waals surface area contributed by atoms with Gasteiger partial charge in [0.25, 0.3) is 0 Å². The Morgan fingerprint density at radius 2 is 1.55 bits per heavy atom. The van der Waals surface area contributed by atoms with Crippen LogP contribution in [0.2, 0.25) is 0 Å². The molecular formula is C15H10F3NO. The number of rotatable bonds is 4. The highest BCUT2D eigenvalue weighted by Crippen LogP contribution is 2.21. The number of nitrogens with zero attached hydrogens (tertiary/aromatic N) is 1. The summed E-state index contributed by atoms with van der Waals surface area (Å²) in [5.74, 6) is -1.95. The minimum absolute atomic E-state index is 0.0140. The number of benzene rings is 2.